The Kier molecular flexibility index (Phi) is 5.72. The summed E-state index contributed by atoms with van der Waals surface area (Å²) < 4.78 is 0. The third kappa shape index (κ3) is 4.16. The van der Waals surface area contributed by atoms with Gasteiger partial charge in [-0.25, -0.2) is 0 Å². The number of nitrogens with zero attached hydrogens (tertiary/aromatic N) is 2. The zero-order chi connectivity index (χ0) is 20.9. The van der Waals surface area contributed by atoms with E-state index < -0.39 is 6.04 Å². The highest BCUT2D eigenvalue weighted by molar-refractivity contribution is 6.35. The average molecular weight is 416 g/mol. The minimum atomic E-state index is -0.637. The molecule has 0 aliphatic rings. The number of benzene rings is 2. The van der Waals surface area contributed by atoms with Crippen molar-refractivity contribution in [3.05, 3.63) is 107 Å². The molecule has 1 amide bonds. The number of aromatic hydroxyl groups is 1. The van der Waals surface area contributed by atoms with Gasteiger partial charge in [0.25, 0.3) is 5.91 Å². The van der Waals surface area contributed by atoms with Gasteiger partial charge in [-0.05, 0) is 35.9 Å². The van der Waals surface area contributed by atoms with E-state index in [9.17, 15) is 9.90 Å². The van der Waals surface area contributed by atoms with Gasteiger partial charge in [-0.3, -0.25) is 14.8 Å². The number of rotatable bonds is 5. The first-order chi connectivity index (χ1) is 14.6. The molecule has 2 heterocycles. The predicted octanol–water partition coefficient (Wildman–Crippen LogP) is 5.17. The van der Waals surface area contributed by atoms with E-state index in [1.54, 1.807) is 42.7 Å². The lowest BCUT2D eigenvalue weighted by atomic mass is 10.0. The van der Waals surface area contributed by atoms with Crippen LogP contribution >= 0.6 is 11.6 Å². The van der Waals surface area contributed by atoms with Crippen molar-refractivity contribution in [3.8, 4) is 5.75 Å². The number of halogens is 1. The van der Waals surface area contributed by atoms with Crippen molar-refractivity contribution >= 4 is 34.5 Å². The van der Waals surface area contributed by atoms with Crippen LogP contribution in [0, 0.1) is 0 Å². The molecule has 0 saturated heterocycles. The monoisotopic (exact) mass is 415 g/mol. The van der Waals surface area contributed by atoms with Crippen LogP contribution in [-0.4, -0.2) is 21.0 Å². The first-order valence-electron chi connectivity index (χ1n) is 9.34. The quantitative estimate of drug-likeness (QED) is 0.471. The second-order valence-corrected chi connectivity index (χ2v) is 7.07. The second-order valence-electron chi connectivity index (χ2n) is 6.66. The molecule has 0 bridgehead atoms. The molecule has 0 aliphatic carbocycles. The molecule has 0 spiro atoms. The van der Waals surface area contributed by atoms with Crippen LogP contribution in [-0.2, 0) is 0 Å². The molecular formula is C24H18ClN3O2. The molecule has 30 heavy (non-hydrogen) atoms. The number of nitrogens with one attached hydrogen (secondary N) is 1. The van der Waals surface area contributed by atoms with Crippen LogP contribution in [0.2, 0.25) is 5.02 Å². The van der Waals surface area contributed by atoms with E-state index in [2.05, 4.69) is 15.3 Å². The summed E-state index contributed by atoms with van der Waals surface area (Å²) in [5, 5.41) is 14.9. The number of pyridine rings is 2. The van der Waals surface area contributed by atoms with Crippen molar-refractivity contribution in [2.24, 2.45) is 0 Å². The summed E-state index contributed by atoms with van der Waals surface area (Å²) in [4.78, 5) is 21.0. The lowest BCUT2D eigenvalue weighted by Gasteiger charge is -2.18. The molecule has 4 aromatic rings. The highest BCUT2D eigenvalue weighted by atomic mass is 35.5. The largest absolute Gasteiger partial charge is 0.505 e. The molecule has 0 fully saturated rings. The van der Waals surface area contributed by atoms with E-state index in [4.69, 9.17) is 11.6 Å². The normalized spacial score (nSPS) is 12.2. The Hall–Kier alpha value is -3.70. The average Bonchev–Trinajstić information content (AvgIpc) is 2.80. The van der Waals surface area contributed by atoms with Crippen molar-refractivity contribution in [3.63, 3.8) is 0 Å². The van der Waals surface area contributed by atoms with Gasteiger partial charge in [-0.1, -0.05) is 54.1 Å². The molecule has 2 aromatic heterocycles. The number of phenols is 1. The first kappa shape index (κ1) is 19.6. The summed E-state index contributed by atoms with van der Waals surface area (Å²) >= 11 is 6.45. The van der Waals surface area contributed by atoms with Crippen molar-refractivity contribution in [2.75, 3.05) is 0 Å². The van der Waals surface area contributed by atoms with Gasteiger partial charge in [-0.15, -0.1) is 0 Å². The Morgan fingerprint density at radius 2 is 1.87 bits per heavy atom. The highest BCUT2D eigenvalue weighted by Crippen LogP contribution is 2.36. The fourth-order valence-corrected chi connectivity index (χ4v) is 3.44. The Bertz CT molecular complexity index is 1210. The van der Waals surface area contributed by atoms with Crippen LogP contribution < -0.4 is 5.32 Å². The lowest BCUT2D eigenvalue weighted by Crippen LogP contribution is -2.27. The molecular weight excluding hydrogens is 398 g/mol. The summed E-state index contributed by atoms with van der Waals surface area (Å²) in [5.74, 6) is -0.341. The predicted molar refractivity (Wildman–Crippen MR) is 118 cm³/mol. The standard InChI is InChI=1S/C24H18ClN3O2/c25-20-14-19(23(29)22-18(20)9-5-13-27-22)21(11-10-16-6-2-1-3-7-16)28-24(30)17-8-4-12-26-15-17/h1-15,21,29H,(H,28,30)/b11-10+. The van der Waals surface area contributed by atoms with Gasteiger partial charge in [0.15, 0.2) is 0 Å². The maximum absolute atomic E-state index is 12.8. The number of aromatic nitrogens is 2. The molecule has 0 aliphatic heterocycles. The molecule has 2 aromatic carbocycles. The summed E-state index contributed by atoms with van der Waals surface area (Å²) in [6.45, 7) is 0. The zero-order valence-electron chi connectivity index (χ0n) is 15.9. The highest BCUT2D eigenvalue weighted by Gasteiger charge is 2.20. The van der Waals surface area contributed by atoms with Gasteiger partial charge in [0.2, 0.25) is 0 Å². The van der Waals surface area contributed by atoms with Gasteiger partial charge in [-0.2, -0.15) is 0 Å². The summed E-state index contributed by atoms with van der Waals surface area (Å²) in [6.07, 6.45) is 8.37. The summed E-state index contributed by atoms with van der Waals surface area (Å²) in [7, 11) is 0. The third-order valence-electron chi connectivity index (χ3n) is 4.67. The molecule has 1 unspecified atom stereocenters. The molecule has 4 rings (SSSR count). The molecule has 0 radical (unpaired) electrons. The van der Waals surface area contributed by atoms with E-state index in [0.717, 1.165) is 5.56 Å². The molecule has 1 atom stereocenters. The minimum Gasteiger partial charge on any atom is -0.505 e. The molecule has 5 nitrogen and oxygen atoms in total. The maximum atomic E-state index is 12.8. The number of phenolic OH excluding ortho intramolecular Hbond substituents is 1. The van der Waals surface area contributed by atoms with Gasteiger partial charge in [0, 0.05) is 29.5 Å². The first-order valence-corrected chi connectivity index (χ1v) is 9.71. The number of hydrogen-bond donors (Lipinski definition) is 2. The van der Waals surface area contributed by atoms with Gasteiger partial charge in [0.05, 0.1) is 16.6 Å². The third-order valence-corrected chi connectivity index (χ3v) is 4.98. The van der Waals surface area contributed by atoms with Crippen molar-refractivity contribution < 1.29 is 9.90 Å². The number of hydrogen-bond acceptors (Lipinski definition) is 4. The van der Waals surface area contributed by atoms with Crippen molar-refractivity contribution in [2.45, 2.75) is 6.04 Å². The van der Waals surface area contributed by atoms with Crippen LogP contribution in [0.3, 0.4) is 0 Å². The lowest BCUT2D eigenvalue weighted by molar-refractivity contribution is 0.0943. The maximum Gasteiger partial charge on any atom is 0.253 e. The summed E-state index contributed by atoms with van der Waals surface area (Å²) in [5.41, 5.74) is 2.21. The van der Waals surface area contributed by atoms with Gasteiger partial charge in [0.1, 0.15) is 11.3 Å². The van der Waals surface area contributed by atoms with Gasteiger partial charge >= 0.3 is 0 Å². The Morgan fingerprint density at radius 3 is 2.63 bits per heavy atom. The Morgan fingerprint density at radius 1 is 1.07 bits per heavy atom. The minimum absolute atomic E-state index is 0.0239. The molecule has 2 N–H and O–H groups in total. The smallest absolute Gasteiger partial charge is 0.253 e. The van der Waals surface area contributed by atoms with Crippen LogP contribution in [0.15, 0.2) is 85.3 Å². The number of carbonyl (C=O) groups is 1. The second kappa shape index (κ2) is 8.76. The SMILES string of the molecule is O=C(NC(/C=C/c1ccccc1)c1cc(Cl)c2cccnc2c1O)c1cccnc1. The number of amides is 1. The topological polar surface area (TPSA) is 75.1 Å². The van der Waals surface area contributed by atoms with Gasteiger partial charge < -0.3 is 10.4 Å². The number of fused-ring (bicyclic) bond motifs is 1. The molecule has 148 valence electrons. The van der Waals surface area contributed by atoms with Crippen LogP contribution in [0.4, 0.5) is 0 Å². The molecule has 6 heteroatoms. The Labute approximate surface area is 178 Å². The Balaban J connectivity index is 1.77. The van der Waals surface area contributed by atoms with Crippen LogP contribution in [0.5, 0.6) is 5.75 Å². The van der Waals surface area contributed by atoms with E-state index in [1.807, 2.05) is 42.5 Å². The fraction of sp³-hybridized carbons (Fsp3) is 0.0417. The van der Waals surface area contributed by atoms with Crippen molar-refractivity contribution in [1.29, 1.82) is 0 Å². The van der Waals surface area contributed by atoms with E-state index in [1.165, 1.54) is 6.20 Å². The van der Waals surface area contributed by atoms with E-state index in [0.29, 0.717) is 27.1 Å². The number of carbonyl (C=O) groups excluding carboxylic acids is 1. The zero-order valence-corrected chi connectivity index (χ0v) is 16.6. The van der Waals surface area contributed by atoms with Crippen LogP contribution in [0.25, 0.3) is 17.0 Å². The van der Waals surface area contributed by atoms with E-state index >= 15 is 0 Å². The van der Waals surface area contributed by atoms with E-state index in [-0.39, 0.29) is 11.7 Å². The van der Waals surface area contributed by atoms with Crippen LogP contribution in [0.1, 0.15) is 27.5 Å². The van der Waals surface area contributed by atoms with Crippen molar-refractivity contribution in [1.82, 2.24) is 15.3 Å². The summed E-state index contributed by atoms with van der Waals surface area (Å²) in [6, 6.07) is 17.6. The fourth-order valence-electron chi connectivity index (χ4n) is 3.17. The molecule has 0 saturated carbocycles.